The fourth-order valence-electron chi connectivity index (χ4n) is 1.26. The van der Waals surface area contributed by atoms with Crippen molar-refractivity contribution in [2.45, 2.75) is 12.2 Å². The molecule has 0 aromatic heterocycles. The van der Waals surface area contributed by atoms with Gasteiger partial charge in [-0.25, -0.2) is 0 Å². The number of nitrogens with zero attached hydrogens (tertiary/aromatic N) is 1. The van der Waals surface area contributed by atoms with Crippen molar-refractivity contribution in [3.05, 3.63) is 33.9 Å². The molecule has 1 rings (SSSR count). The fraction of sp³-hybridized carbons (Fsp3) is 0.333. The van der Waals surface area contributed by atoms with Crippen molar-refractivity contribution in [3.63, 3.8) is 0 Å². The number of alkyl halides is 1. The van der Waals surface area contributed by atoms with E-state index in [1.165, 1.54) is 12.1 Å². The van der Waals surface area contributed by atoms with Crippen LogP contribution in [0.3, 0.4) is 0 Å². The molecule has 0 fully saturated rings. The summed E-state index contributed by atoms with van der Waals surface area (Å²) in [5.41, 5.74) is 5.40. The number of nitrogens with two attached hydrogens (primary N) is 1. The second-order valence-electron chi connectivity index (χ2n) is 3.24. The number of aliphatic hydroxyl groups is 2. The lowest BCUT2D eigenvalue weighted by Crippen LogP contribution is -2.20. The van der Waals surface area contributed by atoms with Crippen LogP contribution in [0.5, 0.6) is 0 Å². The Morgan fingerprint density at radius 1 is 1.50 bits per heavy atom. The first-order valence-corrected chi connectivity index (χ1v) is 5.55. The fourth-order valence-corrected chi connectivity index (χ4v) is 1.61. The number of halogens is 1. The number of rotatable bonds is 4. The van der Waals surface area contributed by atoms with E-state index in [2.05, 4.69) is 15.9 Å². The van der Waals surface area contributed by atoms with E-state index in [0.29, 0.717) is 0 Å². The molecular weight excluding hydrogens is 280 g/mol. The highest BCUT2D eigenvalue weighted by atomic mass is 79.9. The number of nitro benzene ring substituents is 1. The summed E-state index contributed by atoms with van der Waals surface area (Å²) in [7, 11) is 0. The molecule has 0 bridgehead atoms. The summed E-state index contributed by atoms with van der Waals surface area (Å²) < 4.78 is 0. The van der Waals surface area contributed by atoms with Gasteiger partial charge in [-0.2, -0.15) is 0 Å². The lowest BCUT2D eigenvalue weighted by atomic mass is 10.0. The third-order valence-corrected chi connectivity index (χ3v) is 2.76. The van der Waals surface area contributed by atoms with Gasteiger partial charge < -0.3 is 15.9 Å². The second-order valence-corrected chi connectivity index (χ2v) is 3.89. The number of aliphatic hydroxyl groups excluding tert-OH is 2. The van der Waals surface area contributed by atoms with Crippen LogP contribution in [-0.4, -0.2) is 26.6 Å². The molecule has 6 nitrogen and oxygen atoms in total. The summed E-state index contributed by atoms with van der Waals surface area (Å²) in [6.45, 7) is 0. The summed E-state index contributed by atoms with van der Waals surface area (Å²) in [5, 5.41) is 29.9. The Kier molecular flexibility index (Phi) is 4.22. The van der Waals surface area contributed by atoms with E-state index >= 15 is 0 Å². The lowest BCUT2D eigenvalue weighted by Gasteiger charge is -2.15. The number of anilines is 1. The highest BCUT2D eigenvalue weighted by Crippen LogP contribution is 2.29. The smallest absolute Gasteiger partial charge is 0.277 e. The quantitative estimate of drug-likeness (QED) is 0.331. The maximum absolute atomic E-state index is 10.7. The lowest BCUT2D eigenvalue weighted by molar-refractivity contribution is -0.386. The van der Waals surface area contributed by atoms with Gasteiger partial charge in [0.15, 0.2) is 0 Å². The highest BCUT2D eigenvalue weighted by molar-refractivity contribution is 9.09. The van der Waals surface area contributed by atoms with Crippen LogP contribution in [0.25, 0.3) is 0 Å². The van der Waals surface area contributed by atoms with Gasteiger partial charge in [-0.1, -0.05) is 15.9 Å². The SMILES string of the molecule is Nc1ccc(C(O)C(O)CBr)c([N+](=O)[O-])c1. The molecule has 0 spiro atoms. The van der Waals surface area contributed by atoms with Gasteiger partial charge in [-0.05, 0) is 12.1 Å². The third-order valence-electron chi connectivity index (χ3n) is 2.09. The minimum absolute atomic E-state index is 0.0474. The molecule has 7 heteroatoms. The van der Waals surface area contributed by atoms with E-state index in [4.69, 9.17) is 5.73 Å². The molecule has 2 atom stereocenters. The minimum Gasteiger partial charge on any atom is -0.399 e. The summed E-state index contributed by atoms with van der Waals surface area (Å²) in [4.78, 5) is 10.1. The first kappa shape index (κ1) is 12.9. The van der Waals surface area contributed by atoms with Crippen molar-refractivity contribution < 1.29 is 15.1 Å². The molecule has 0 aliphatic rings. The van der Waals surface area contributed by atoms with E-state index in [0.717, 1.165) is 6.07 Å². The van der Waals surface area contributed by atoms with Crippen LogP contribution in [0.2, 0.25) is 0 Å². The number of nitrogen functional groups attached to an aromatic ring is 1. The normalized spacial score (nSPS) is 14.4. The number of nitro groups is 1. The molecule has 0 aliphatic heterocycles. The van der Waals surface area contributed by atoms with Crippen molar-refractivity contribution in [1.82, 2.24) is 0 Å². The van der Waals surface area contributed by atoms with Crippen LogP contribution < -0.4 is 5.73 Å². The summed E-state index contributed by atoms with van der Waals surface area (Å²) in [5.74, 6) is 0. The predicted octanol–water partition coefficient (Wildman–Crippen LogP) is 0.966. The molecule has 0 aliphatic carbocycles. The topological polar surface area (TPSA) is 110 Å². The Morgan fingerprint density at radius 3 is 2.62 bits per heavy atom. The van der Waals surface area contributed by atoms with Crippen molar-refractivity contribution >= 4 is 27.3 Å². The molecular formula is C9H11BrN2O4. The van der Waals surface area contributed by atoms with Gasteiger partial charge in [0.1, 0.15) is 6.10 Å². The van der Waals surface area contributed by atoms with Gasteiger partial charge in [0.05, 0.1) is 16.6 Å². The van der Waals surface area contributed by atoms with Gasteiger partial charge in [-0.15, -0.1) is 0 Å². The third kappa shape index (κ3) is 2.69. The van der Waals surface area contributed by atoms with Crippen LogP contribution in [0.15, 0.2) is 18.2 Å². The van der Waals surface area contributed by atoms with Crippen LogP contribution in [0.4, 0.5) is 11.4 Å². The molecule has 0 amide bonds. The Balaban J connectivity index is 3.17. The van der Waals surface area contributed by atoms with Gasteiger partial charge in [0, 0.05) is 17.1 Å². The van der Waals surface area contributed by atoms with E-state index in [-0.39, 0.29) is 22.3 Å². The van der Waals surface area contributed by atoms with Gasteiger partial charge in [0.2, 0.25) is 0 Å². The Bertz CT molecular complexity index is 399. The van der Waals surface area contributed by atoms with Crippen LogP contribution in [-0.2, 0) is 0 Å². The molecule has 88 valence electrons. The predicted molar refractivity (Wildman–Crippen MR) is 62.3 cm³/mol. The van der Waals surface area contributed by atoms with E-state index in [1.54, 1.807) is 0 Å². The average Bonchev–Trinajstić information content (AvgIpc) is 2.26. The van der Waals surface area contributed by atoms with E-state index in [9.17, 15) is 20.3 Å². The highest BCUT2D eigenvalue weighted by Gasteiger charge is 2.25. The van der Waals surface area contributed by atoms with Crippen molar-refractivity contribution in [2.75, 3.05) is 11.1 Å². The molecule has 1 aromatic carbocycles. The molecule has 1 aromatic rings. The summed E-state index contributed by atoms with van der Waals surface area (Å²) in [6.07, 6.45) is -2.43. The standard InChI is InChI=1S/C9H11BrN2O4/c10-4-8(13)9(14)6-2-1-5(11)3-7(6)12(15)16/h1-3,8-9,13-14H,4,11H2. The first-order valence-electron chi connectivity index (χ1n) is 4.43. The molecule has 0 heterocycles. The summed E-state index contributed by atoms with van der Waals surface area (Å²) >= 11 is 2.98. The molecule has 0 saturated carbocycles. The monoisotopic (exact) mass is 290 g/mol. The number of hydrogen-bond donors (Lipinski definition) is 3. The first-order chi connectivity index (χ1) is 7.47. The van der Waals surface area contributed by atoms with Gasteiger partial charge in [0.25, 0.3) is 5.69 Å². The Hall–Kier alpha value is -1.18. The van der Waals surface area contributed by atoms with Crippen molar-refractivity contribution in [1.29, 1.82) is 0 Å². The van der Waals surface area contributed by atoms with Crippen LogP contribution >= 0.6 is 15.9 Å². The number of benzene rings is 1. The van der Waals surface area contributed by atoms with E-state index < -0.39 is 17.1 Å². The molecule has 2 unspecified atom stereocenters. The van der Waals surface area contributed by atoms with Crippen molar-refractivity contribution in [3.8, 4) is 0 Å². The van der Waals surface area contributed by atoms with Crippen LogP contribution in [0, 0.1) is 10.1 Å². The molecule has 0 radical (unpaired) electrons. The average molecular weight is 291 g/mol. The zero-order chi connectivity index (χ0) is 12.3. The molecule has 0 saturated heterocycles. The number of hydrogen-bond acceptors (Lipinski definition) is 5. The largest absolute Gasteiger partial charge is 0.399 e. The Labute approximate surface area is 100.0 Å². The second kappa shape index (κ2) is 5.24. The maximum Gasteiger partial charge on any atom is 0.277 e. The molecule has 16 heavy (non-hydrogen) atoms. The van der Waals surface area contributed by atoms with E-state index in [1.807, 2.05) is 0 Å². The van der Waals surface area contributed by atoms with Crippen LogP contribution in [0.1, 0.15) is 11.7 Å². The zero-order valence-corrected chi connectivity index (χ0v) is 9.79. The van der Waals surface area contributed by atoms with Gasteiger partial charge >= 0.3 is 0 Å². The minimum atomic E-state index is -1.32. The Morgan fingerprint density at radius 2 is 2.12 bits per heavy atom. The zero-order valence-electron chi connectivity index (χ0n) is 8.21. The van der Waals surface area contributed by atoms with Crippen molar-refractivity contribution in [2.24, 2.45) is 0 Å². The maximum atomic E-state index is 10.7. The van der Waals surface area contributed by atoms with Gasteiger partial charge in [-0.3, -0.25) is 10.1 Å². The molecule has 4 N–H and O–H groups in total. The summed E-state index contributed by atoms with van der Waals surface area (Å²) in [6, 6.07) is 3.93.